The average molecular weight is 319 g/mol. The molecule has 5 nitrogen and oxygen atoms in total. The topological polar surface area (TPSA) is 63.2 Å². The molecule has 0 unspecified atom stereocenters. The van der Waals surface area contributed by atoms with Crippen molar-refractivity contribution in [2.75, 3.05) is 17.7 Å². The number of aromatic nitrogens is 1. The summed E-state index contributed by atoms with van der Waals surface area (Å²) in [6.07, 6.45) is 3.19. The van der Waals surface area contributed by atoms with Gasteiger partial charge in [0.1, 0.15) is 5.75 Å². The largest absolute Gasteiger partial charge is 0.495 e. The Balaban J connectivity index is 1.78. The second-order valence-electron chi connectivity index (χ2n) is 5.11. The van der Waals surface area contributed by atoms with Crippen LogP contribution in [-0.4, -0.2) is 18.0 Å². The Kier molecular flexibility index (Phi) is 4.72. The molecule has 3 aromatic rings. The molecule has 2 aromatic carbocycles. The Morgan fingerprint density at radius 1 is 0.958 bits per heavy atom. The molecule has 3 rings (SSSR count). The summed E-state index contributed by atoms with van der Waals surface area (Å²) >= 11 is 0. The van der Waals surface area contributed by atoms with Crippen LogP contribution in [0.2, 0.25) is 0 Å². The molecular formula is C19H17N3O2. The molecule has 0 saturated heterocycles. The van der Waals surface area contributed by atoms with Crippen LogP contribution in [0.3, 0.4) is 0 Å². The van der Waals surface area contributed by atoms with E-state index in [9.17, 15) is 4.79 Å². The number of benzene rings is 2. The first-order valence-corrected chi connectivity index (χ1v) is 7.48. The number of carbonyl (C=O) groups is 1. The van der Waals surface area contributed by atoms with E-state index in [1.807, 2.05) is 54.6 Å². The van der Waals surface area contributed by atoms with E-state index in [-0.39, 0.29) is 5.91 Å². The van der Waals surface area contributed by atoms with E-state index in [1.54, 1.807) is 19.4 Å². The lowest BCUT2D eigenvalue weighted by atomic mass is 10.2. The molecule has 2 N–H and O–H groups in total. The van der Waals surface area contributed by atoms with Gasteiger partial charge < -0.3 is 15.4 Å². The van der Waals surface area contributed by atoms with E-state index in [4.69, 9.17) is 4.74 Å². The van der Waals surface area contributed by atoms with E-state index in [0.29, 0.717) is 11.3 Å². The van der Waals surface area contributed by atoms with Crippen molar-refractivity contribution in [2.24, 2.45) is 0 Å². The number of pyridine rings is 1. The fraction of sp³-hybridized carbons (Fsp3) is 0.0526. The molecule has 0 bridgehead atoms. The summed E-state index contributed by atoms with van der Waals surface area (Å²) < 4.78 is 5.31. The summed E-state index contributed by atoms with van der Waals surface area (Å²) in [7, 11) is 1.61. The van der Waals surface area contributed by atoms with E-state index >= 15 is 0 Å². The number of anilines is 3. The van der Waals surface area contributed by atoms with Gasteiger partial charge in [0.25, 0.3) is 5.91 Å². The maximum absolute atomic E-state index is 12.3. The molecule has 1 amide bonds. The molecule has 24 heavy (non-hydrogen) atoms. The third-order valence-electron chi connectivity index (χ3n) is 3.42. The number of carbonyl (C=O) groups excluding carboxylic acids is 1. The monoisotopic (exact) mass is 319 g/mol. The minimum atomic E-state index is -0.211. The Bertz CT molecular complexity index is 835. The minimum absolute atomic E-state index is 0.211. The molecule has 5 heteroatoms. The molecule has 120 valence electrons. The van der Waals surface area contributed by atoms with Crippen LogP contribution < -0.4 is 15.4 Å². The third-order valence-corrected chi connectivity index (χ3v) is 3.42. The lowest BCUT2D eigenvalue weighted by molar-refractivity contribution is 0.102. The third kappa shape index (κ3) is 3.70. The number of nitrogens with zero attached hydrogens (tertiary/aromatic N) is 1. The SMILES string of the molecule is COc1ccccc1Nc1cncc(C(=O)Nc2ccccc2)c1. The summed E-state index contributed by atoms with van der Waals surface area (Å²) in [6, 6.07) is 18.6. The summed E-state index contributed by atoms with van der Waals surface area (Å²) in [6.45, 7) is 0. The van der Waals surface area contributed by atoms with Crippen LogP contribution >= 0.6 is 0 Å². The number of para-hydroxylation sites is 3. The van der Waals surface area contributed by atoms with Crippen LogP contribution in [0.15, 0.2) is 73.1 Å². The fourth-order valence-corrected chi connectivity index (χ4v) is 2.26. The maximum atomic E-state index is 12.3. The summed E-state index contributed by atoms with van der Waals surface area (Å²) in [4.78, 5) is 16.5. The van der Waals surface area contributed by atoms with Gasteiger partial charge in [-0.25, -0.2) is 0 Å². The van der Waals surface area contributed by atoms with Gasteiger partial charge in [-0.1, -0.05) is 30.3 Å². The molecule has 0 radical (unpaired) electrons. The highest BCUT2D eigenvalue weighted by molar-refractivity contribution is 6.04. The van der Waals surface area contributed by atoms with E-state index in [2.05, 4.69) is 15.6 Å². The Hall–Kier alpha value is -3.34. The van der Waals surface area contributed by atoms with Crippen molar-refractivity contribution in [2.45, 2.75) is 0 Å². The number of amides is 1. The van der Waals surface area contributed by atoms with Crippen LogP contribution in [0.1, 0.15) is 10.4 Å². The molecule has 0 aliphatic carbocycles. The van der Waals surface area contributed by atoms with Gasteiger partial charge in [-0.05, 0) is 30.3 Å². The quantitative estimate of drug-likeness (QED) is 0.743. The number of ether oxygens (including phenoxy) is 1. The maximum Gasteiger partial charge on any atom is 0.257 e. The molecule has 0 atom stereocenters. The summed E-state index contributed by atoms with van der Waals surface area (Å²) in [5, 5.41) is 6.06. The lowest BCUT2D eigenvalue weighted by Gasteiger charge is -2.11. The van der Waals surface area contributed by atoms with Crippen molar-refractivity contribution >= 4 is 23.0 Å². The molecule has 0 spiro atoms. The van der Waals surface area contributed by atoms with Crippen molar-refractivity contribution in [1.82, 2.24) is 4.98 Å². The minimum Gasteiger partial charge on any atom is -0.495 e. The van der Waals surface area contributed by atoms with Gasteiger partial charge in [-0.2, -0.15) is 0 Å². The van der Waals surface area contributed by atoms with Crippen molar-refractivity contribution in [3.8, 4) is 5.75 Å². The van der Waals surface area contributed by atoms with Crippen LogP contribution in [0.5, 0.6) is 5.75 Å². The standard InChI is InChI=1S/C19H17N3O2/c1-24-18-10-6-5-9-17(18)21-16-11-14(12-20-13-16)19(23)22-15-7-3-2-4-8-15/h2-13,21H,1H3,(H,22,23). The van der Waals surface area contributed by atoms with Gasteiger partial charge in [-0.15, -0.1) is 0 Å². The second kappa shape index (κ2) is 7.28. The highest BCUT2D eigenvalue weighted by atomic mass is 16.5. The van der Waals surface area contributed by atoms with Crippen LogP contribution in [0.25, 0.3) is 0 Å². The zero-order chi connectivity index (χ0) is 16.8. The molecule has 0 aliphatic heterocycles. The lowest BCUT2D eigenvalue weighted by Crippen LogP contribution is -2.12. The molecule has 0 aliphatic rings. The number of hydrogen-bond acceptors (Lipinski definition) is 4. The molecular weight excluding hydrogens is 302 g/mol. The number of nitrogens with one attached hydrogen (secondary N) is 2. The molecule has 1 heterocycles. The van der Waals surface area contributed by atoms with Crippen molar-refractivity contribution in [3.05, 3.63) is 78.6 Å². The smallest absolute Gasteiger partial charge is 0.257 e. The summed E-state index contributed by atoms with van der Waals surface area (Å²) in [5.74, 6) is 0.508. The predicted octanol–water partition coefficient (Wildman–Crippen LogP) is 4.09. The first-order valence-electron chi connectivity index (χ1n) is 7.48. The number of hydrogen-bond donors (Lipinski definition) is 2. The second-order valence-corrected chi connectivity index (χ2v) is 5.11. The van der Waals surface area contributed by atoms with E-state index in [1.165, 1.54) is 6.20 Å². The van der Waals surface area contributed by atoms with Gasteiger partial charge in [0.05, 0.1) is 30.2 Å². The fourth-order valence-electron chi connectivity index (χ4n) is 2.26. The predicted molar refractivity (Wildman–Crippen MR) is 94.9 cm³/mol. The van der Waals surface area contributed by atoms with Crippen molar-refractivity contribution < 1.29 is 9.53 Å². The average Bonchev–Trinajstić information content (AvgIpc) is 2.63. The van der Waals surface area contributed by atoms with E-state index < -0.39 is 0 Å². The Morgan fingerprint density at radius 2 is 1.71 bits per heavy atom. The van der Waals surface area contributed by atoms with E-state index in [0.717, 1.165) is 17.1 Å². The zero-order valence-electron chi connectivity index (χ0n) is 13.2. The molecule has 1 aromatic heterocycles. The Labute approximate surface area is 140 Å². The van der Waals surface area contributed by atoms with Crippen molar-refractivity contribution in [3.63, 3.8) is 0 Å². The van der Waals surface area contributed by atoms with Gasteiger partial charge in [0, 0.05) is 11.9 Å². The van der Waals surface area contributed by atoms with Crippen LogP contribution in [0.4, 0.5) is 17.1 Å². The van der Waals surface area contributed by atoms with Crippen LogP contribution in [-0.2, 0) is 0 Å². The Morgan fingerprint density at radius 3 is 2.50 bits per heavy atom. The zero-order valence-corrected chi connectivity index (χ0v) is 13.2. The van der Waals surface area contributed by atoms with Gasteiger partial charge in [0.15, 0.2) is 0 Å². The highest BCUT2D eigenvalue weighted by Crippen LogP contribution is 2.27. The number of rotatable bonds is 5. The van der Waals surface area contributed by atoms with Gasteiger partial charge in [0.2, 0.25) is 0 Å². The van der Waals surface area contributed by atoms with Crippen molar-refractivity contribution in [1.29, 1.82) is 0 Å². The summed E-state index contributed by atoms with van der Waals surface area (Å²) in [5.41, 5.74) is 2.73. The first kappa shape index (κ1) is 15.6. The van der Waals surface area contributed by atoms with Gasteiger partial charge in [-0.3, -0.25) is 9.78 Å². The first-order chi connectivity index (χ1) is 11.8. The van der Waals surface area contributed by atoms with Crippen LogP contribution in [0, 0.1) is 0 Å². The normalized spacial score (nSPS) is 10.0. The molecule has 0 fully saturated rings. The highest BCUT2D eigenvalue weighted by Gasteiger charge is 2.08. The molecule has 0 saturated carbocycles. The van der Waals surface area contributed by atoms with Gasteiger partial charge >= 0.3 is 0 Å². The number of methoxy groups -OCH3 is 1.